The number of hydrogen-bond acceptors (Lipinski definition) is 3. The van der Waals surface area contributed by atoms with Gasteiger partial charge in [0, 0.05) is 11.8 Å². The SMILES string of the molecule is CSc1ccc(C(CC(=O)O)NC(C)=O)cc1. The Hall–Kier alpha value is -1.49. The Morgan fingerprint density at radius 1 is 1.35 bits per heavy atom. The van der Waals surface area contributed by atoms with Crippen molar-refractivity contribution < 1.29 is 14.7 Å². The number of carboxylic acids is 1. The van der Waals surface area contributed by atoms with Crippen molar-refractivity contribution in [2.45, 2.75) is 24.3 Å². The van der Waals surface area contributed by atoms with Gasteiger partial charge in [0.15, 0.2) is 0 Å². The van der Waals surface area contributed by atoms with E-state index in [4.69, 9.17) is 5.11 Å². The number of thioether (sulfide) groups is 1. The Balaban J connectivity index is 2.86. The lowest BCUT2D eigenvalue weighted by Crippen LogP contribution is -2.27. The van der Waals surface area contributed by atoms with Crippen LogP contribution >= 0.6 is 11.8 Å². The summed E-state index contributed by atoms with van der Waals surface area (Å²) in [6.07, 6.45) is 1.86. The average Bonchev–Trinajstić information content (AvgIpc) is 2.27. The minimum Gasteiger partial charge on any atom is -0.481 e. The minimum absolute atomic E-state index is 0.113. The second-order valence-corrected chi connectivity index (χ2v) is 4.50. The smallest absolute Gasteiger partial charge is 0.305 e. The van der Waals surface area contributed by atoms with Gasteiger partial charge in [0.1, 0.15) is 0 Å². The third kappa shape index (κ3) is 4.48. The van der Waals surface area contributed by atoms with E-state index in [1.807, 2.05) is 30.5 Å². The zero-order chi connectivity index (χ0) is 12.8. The van der Waals surface area contributed by atoms with Crippen molar-refractivity contribution in [2.75, 3.05) is 6.26 Å². The van der Waals surface area contributed by atoms with Crippen molar-refractivity contribution in [3.8, 4) is 0 Å². The summed E-state index contributed by atoms with van der Waals surface area (Å²) in [7, 11) is 0. The Morgan fingerprint density at radius 3 is 2.35 bits per heavy atom. The summed E-state index contributed by atoms with van der Waals surface area (Å²) in [5.41, 5.74) is 0.806. The van der Waals surface area contributed by atoms with Crippen molar-refractivity contribution in [2.24, 2.45) is 0 Å². The van der Waals surface area contributed by atoms with Crippen molar-refractivity contribution in [3.63, 3.8) is 0 Å². The monoisotopic (exact) mass is 253 g/mol. The fourth-order valence-corrected chi connectivity index (χ4v) is 1.92. The topological polar surface area (TPSA) is 66.4 Å². The summed E-state index contributed by atoms with van der Waals surface area (Å²) < 4.78 is 0. The highest BCUT2D eigenvalue weighted by Gasteiger charge is 2.16. The van der Waals surface area contributed by atoms with E-state index in [0.717, 1.165) is 10.5 Å². The normalized spacial score (nSPS) is 11.9. The molecule has 0 aliphatic carbocycles. The molecule has 4 nitrogen and oxygen atoms in total. The second-order valence-electron chi connectivity index (χ2n) is 3.62. The molecule has 0 radical (unpaired) electrons. The van der Waals surface area contributed by atoms with Crippen LogP contribution in [0.5, 0.6) is 0 Å². The van der Waals surface area contributed by atoms with Crippen LogP contribution in [0.25, 0.3) is 0 Å². The van der Waals surface area contributed by atoms with Gasteiger partial charge in [-0.25, -0.2) is 0 Å². The summed E-state index contributed by atoms with van der Waals surface area (Å²) in [6.45, 7) is 1.38. The highest BCUT2D eigenvalue weighted by Crippen LogP contribution is 2.21. The molecule has 0 heterocycles. The molecule has 1 unspecified atom stereocenters. The first kappa shape index (κ1) is 13.6. The Labute approximate surface area is 104 Å². The Morgan fingerprint density at radius 2 is 1.94 bits per heavy atom. The molecule has 0 spiro atoms. The molecule has 0 saturated carbocycles. The molecule has 1 amide bonds. The molecule has 0 aromatic heterocycles. The molecule has 0 bridgehead atoms. The van der Waals surface area contributed by atoms with Crippen molar-refractivity contribution >= 4 is 23.6 Å². The molecule has 2 N–H and O–H groups in total. The molecule has 17 heavy (non-hydrogen) atoms. The lowest BCUT2D eigenvalue weighted by atomic mass is 10.0. The highest BCUT2D eigenvalue weighted by atomic mass is 32.2. The van der Waals surface area contributed by atoms with E-state index in [-0.39, 0.29) is 12.3 Å². The number of amides is 1. The average molecular weight is 253 g/mol. The predicted octanol–water partition coefficient (Wildman–Crippen LogP) is 2.06. The van der Waals surface area contributed by atoms with Crippen LogP contribution < -0.4 is 5.32 Å². The van der Waals surface area contributed by atoms with Gasteiger partial charge in [-0.2, -0.15) is 0 Å². The Kier molecular flexibility index (Phi) is 5.03. The summed E-state index contributed by atoms with van der Waals surface area (Å²) in [4.78, 5) is 22.9. The van der Waals surface area contributed by atoms with Crippen LogP contribution in [0.4, 0.5) is 0 Å². The first-order valence-corrected chi connectivity index (χ1v) is 6.38. The van der Waals surface area contributed by atoms with E-state index >= 15 is 0 Å². The van der Waals surface area contributed by atoms with Gasteiger partial charge in [0.2, 0.25) is 5.91 Å². The van der Waals surface area contributed by atoms with E-state index in [1.165, 1.54) is 6.92 Å². The van der Waals surface area contributed by atoms with E-state index < -0.39 is 12.0 Å². The second kappa shape index (κ2) is 6.30. The van der Waals surface area contributed by atoms with E-state index in [0.29, 0.717) is 0 Å². The number of rotatable bonds is 5. The molecule has 1 aromatic carbocycles. The van der Waals surface area contributed by atoms with Crippen LogP contribution in [0.15, 0.2) is 29.2 Å². The van der Waals surface area contributed by atoms with Gasteiger partial charge < -0.3 is 10.4 Å². The predicted molar refractivity (Wildman–Crippen MR) is 67.0 cm³/mol. The van der Waals surface area contributed by atoms with Crippen LogP contribution in [0.3, 0.4) is 0 Å². The van der Waals surface area contributed by atoms with Crippen molar-refractivity contribution in [3.05, 3.63) is 29.8 Å². The number of carboxylic acid groups (broad SMARTS) is 1. The Bertz CT molecular complexity index is 387. The third-order valence-electron chi connectivity index (χ3n) is 2.27. The van der Waals surface area contributed by atoms with E-state index in [9.17, 15) is 9.59 Å². The third-order valence-corrected chi connectivity index (χ3v) is 3.02. The zero-order valence-electron chi connectivity index (χ0n) is 9.77. The molecule has 1 aromatic rings. The molecule has 0 fully saturated rings. The summed E-state index contributed by atoms with van der Waals surface area (Å²) in [5, 5.41) is 11.4. The van der Waals surface area contributed by atoms with Crippen LogP contribution in [0.1, 0.15) is 24.9 Å². The van der Waals surface area contributed by atoms with Gasteiger partial charge in [-0.15, -0.1) is 11.8 Å². The molecular weight excluding hydrogens is 238 g/mol. The number of benzene rings is 1. The summed E-state index contributed by atoms with van der Waals surface area (Å²) >= 11 is 1.61. The fraction of sp³-hybridized carbons (Fsp3) is 0.333. The molecule has 5 heteroatoms. The van der Waals surface area contributed by atoms with E-state index in [1.54, 1.807) is 11.8 Å². The zero-order valence-corrected chi connectivity index (χ0v) is 10.6. The standard InChI is InChI=1S/C12H15NO3S/c1-8(14)13-11(7-12(15)16)9-3-5-10(17-2)6-4-9/h3-6,11H,7H2,1-2H3,(H,13,14)(H,15,16). The van der Waals surface area contributed by atoms with Crippen molar-refractivity contribution in [1.82, 2.24) is 5.32 Å². The van der Waals surface area contributed by atoms with Crippen LogP contribution in [0, 0.1) is 0 Å². The highest BCUT2D eigenvalue weighted by molar-refractivity contribution is 7.98. The van der Waals surface area contributed by atoms with Crippen molar-refractivity contribution in [1.29, 1.82) is 0 Å². The maximum Gasteiger partial charge on any atom is 0.305 e. The van der Waals surface area contributed by atoms with Gasteiger partial charge in [-0.1, -0.05) is 12.1 Å². The first-order chi connectivity index (χ1) is 8.02. The number of carbonyl (C=O) groups excluding carboxylic acids is 1. The quantitative estimate of drug-likeness (QED) is 0.788. The molecule has 1 atom stereocenters. The van der Waals surface area contributed by atoms with Crippen LogP contribution in [-0.2, 0) is 9.59 Å². The number of hydrogen-bond donors (Lipinski definition) is 2. The van der Waals surface area contributed by atoms with Crippen LogP contribution in [-0.4, -0.2) is 23.2 Å². The lowest BCUT2D eigenvalue weighted by Gasteiger charge is -2.16. The molecule has 0 aliphatic heterocycles. The molecule has 0 aliphatic rings. The fourth-order valence-electron chi connectivity index (χ4n) is 1.51. The summed E-state index contributed by atoms with van der Waals surface area (Å²) in [6, 6.07) is 7.04. The number of nitrogens with one attached hydrogen (secondary N) is 1. The van der Waals surface area contributed by atoms with Gasteiger partial charge in [-0.05, 0) is 24.0 Å². The summed E-state index contributed by atoms with van der Waals surface area (Å²) in [5.74, 6) is -1.16. The minimum atomic E-state index is -0.933. The number of carbonyl (C=O) groups is 2. The van der Waals surface area contributed by atoms with Crippen LogP contribution in [0.2, 0.25) is 0 Å². The molecule has 92 valence electrons. The van der Waals surface area contributed by atoms with E-state index in [2.05, 4.69) is 5.32 Å². The lowest BCUT2D eigenvalue weighted by molar-refractivity contribution is -0.137. The maximum absolute atomic E-state index is 11.0. The van der Waals surface area contributed by atoms with Gasteiger partial charge in [-0.3, -0.25) is 9.59 Å². The van der Waals surface area contributed by atoms with Gasteiger partial charge in [0.25, 0.3) is 0 Å². The van der Waals surface area contributed by atoms with Gasteiger partial charge in [0.05, 0.1) is 12.5 Å². The molecule has 1 rings (SSSR count). The maximum atomic E-state index is 11.0. The van der Waals surface area contributed by atoms with Gasteiger partial charge >= 0.3 is 5.97 Å². The number of aliphatic carboxylic acids is 1. The largest absolute Gasteiger partial charge is 0.481 e. The first-order valence-electron chi connectivity index (χ1n) is 5.15. The molecule has 0 saturated heterocycles. The molecular formula is C12H15NO3S.